The highest BCUT2D eigenvalue weighted by Gasteiger charge is 2.15. The van der Waals surface area contributed by atoms with Crippen LogP contribution in [0.15, 0.2) is 45.9 Å². The van der Waals surface area contributed by atoms with Gasteiger partial charge in [-0.1, -0.05) is 23.9 Å². The van der Waals surface area contributed by atoms with Crippen molar-refractivity contribution in [1.82, 2.24) is 4.98 Å². The van der Waals surface area contributed by atoms with Crippen LogP contribution in [0.1, 0.15) is 10.4 Å². The maximum absolute atomic E-state index is 12.5. The van der Waals surface area contributed by atoms with Crippen LogP contribution in [0.4, 0.5) is 20.3 Å². The van der Waals surface area contributed by atoms with Crippen LogP contribution in [-0.4, -0.2) is 16.6 Å². The van der Waals surface area contributed by atoms with Gasteiger partial charge in [0.25, 0.3) is 11.7 Å². The minimum atomic E-state index is -2.57. The number of carbonyl (C=O) groups excluding carboxylic acids is 1. The zero-order valence-corrected chi connectivity index (χ0v) is 12.9. The molecule has 1 aromatic heterocycles. The van der Waals surface area contributed by atoms with E-state index in [1.165, 1.54) is 18.3 Å². The van der Waals surface area contributed by atoms with Crippen LogP contribution in [0.3, 0.4) is 0 Å². The average molecular weight is 374 g/mol. The summed E-state index contributed by atoms with van der Waals surface area (Å²) in [5.74, 6) is -3.01. The first-order chi connectivity index (χ1) is 9.97. The first-order valence-electron chi connectivity index (χ1n) is 5.73. The molecule has 0 aliphatic carbocycles. The molecule has 0 radical (unpaired) electrons. The molecule has 4 nitrogen and oxygen atoms in total. The van der Waals surface area contributed by atoms with E-state index >= 15 is 0 Å². The van der Waals surface area contributed by atoms with Gasteiger partial charge < -0.3 is 11.1 Å². The second-order valence-corrected chi connectivity index (χ2v) is 5.86. The molecule has 110 valence electrons. The monoisotopic (exact) mass is 373 g/mol. The van der Waals surface area contributed by atoms with Gasteiger partial charge in [-0.25, -0.2) is 4.98 Å². The molecule has 0 unspecified atom stereocenters. The number of halogens is 3. The van der Waals surface area contributed by atoms with Gasteiger partial charge in [0.2, 0.25) is 0 Å². The molecule has 0 spiro atoms. The zero-order chi connectivity index (χ0) is 15.4. The molecule has 21 heavy (non-hydrogen) atoms. The van der Waals surface area contributed by atoms with Crippen molar-refractivity contribution in [2.24, 2.45) is 0 Å². The summed E-state index contributed by atoms with van der Waals surface area (Å²) in [6, 6.07) is 7.84. The van der Waals surface area contributed by atoms with Crippen molar-refractivity contribution < 1.29 is 13.6 Å². The smallest absolute Gasteiger partial charge is 0.288 e. The Morgan fingerprint density at radius 3 is 2.81 bits per heavy atom. The third-order valence-corrected chi connectivity index (χ3v) is 3.70. The van der Waals surface area contributed by atoms with E-state index in [4.69, 9.17) is 5.73 Å². The highest BCUT2D eigenvalue weighted by Crippen LogP contribution is 2.32. The maximum Gasteiger partial charge on any atom is 0.288 e. The van der Waals surface area contributed by atoms with Crippen LogP contribution < -0.4 is 11.1 Å². The Morgan fingerprint density at radius 2 is 2.10 bits per heavy atom. The predicted octanol–water partition coefficient (Wildman–Crippen LogP) is 3.99. The maximum atomic E-state index is 12.5. The number of rotatable bonds is 4. The number of benzene rings is 1. The highest BCUT2D eigenvalue weighted by molar-refractivity contribution is 9.10. The molecule has 2 rings (SSSR count). The van der Waals surface area contributed by atoms with E-state index in [2.05, 4.69) is 26.2 Å². The first kappa shape index (κ1) is 15.7. The number of hydrogen-bond donors (Lipinski definition) is 2. The number of aromatic nitrogens is 1. The molecule has 1 aromatic carbocycles. The average Bonchev–Trinajstić information content (AvgIpc) is 2.43. The Labute approximate surface area is 132 Å². The summed E-state index contributed by atoms with van der Waals surface area (Å²) in [6.45, 7) is 0. The third-order valence-electron chi connectivity index (χ3n) is 2.48. The topological polar surface area (TPSA) is 68.0 Å². The number of carbonyl (C=O) groups is 1. The Bertz CT molecular complexity index is 670. The first-order valence-corrected chi connectivity index (χ1v) is 7.41. The SMILES string of the molecule is Nc1ncc(Br)cc1C(=O)Nc1ccccc1SC(F)F. The molecular weight excluding hydrogens is 364 g/mol. The normalized spacial score (nSPS) is 10.7. The van der Waals surface area contributed by atoms with E-state index in [0.29, 0.717) is 21.9 Å². The Kier molecular flexibility index (Phi) is 5.13. The lowest BCUT2D eigenvalue weighted by Crippen LogP contribution is -2.15. The number of nitrogens with one attached hydrogen (secondary N) is 1. The summed E-state index contributed by atoms with van der Waals surface area (Å²) in [4.78, 5) is 16.3. The second kappa shape index (κ2) is 6.86. The molecule has 0 fully saturated rings. The summed E-state index contributed by atoms with van der Waals surface area (Å²) in [5.41, 5.74) is 6.11. The van der Waals surface area contributed by atoms with E-state index in [1.807, 2.05) is 0 Å². The molecule has 0 aliphatic rings. The number of hydrogen-bond acceptors (Lipinski definition) is 4. The van der Waals surface area contributed by atoms with E-state index in [0.717, 1.165) is 0 Å². The van der Waals surface area contributed by atoms with Crippen molar-refractivity contribution in [3.8, 4) is 0 Å². The number of pyridine rings is 1. The molecule has 0 saturated heterocycles. The molecule has 0 aliphatic heterocycles. The van der Waals surface area contributed by atoms with Gasteiger partial charge in [-0.05, 0) is 34.1 Å². The summed E-state index contributed by atoms with van der Waals surface area (Å²) >= 11 is 3.56. The Balaban J connectivity index is 2.25. The van der Waals surface area contributed by atoms with Crippen molar-refractivity contribution >= 4 is 45.1 Å². The summed E-state index contributed by atoms with van der Waals surface area (Å²) in [6.07, 6.45) is 1.46. The van der Waals surface area contributed by atoms with Gasteiger partial charge in [0.05, 0.1) is 11.3 Å². The molecule has 1 heterocycles. The van der Waals surface area contributed by atoms with E-state index in [1.54, 1.807) is 18.2 Å². The number of amides is 1. The number of anilines is 2. The fraction of sp³-hybridized carbons (Fsp3) is 0.0769. The quantitative estimate of drug-likeness (QED) is 0.794. The largest absolute Gasteiger partial charge is 0.383 e. The van der Waals surface area contributed by atoms with Crippen LogP contribution in [0, 0.1) is 0 Å². The van der Waals surface area contributed by atoms with Crippen LogP contribution in [0.5, 0.6) is 0 Å². The third kappa shape index (κ3) is 4.15. The molecule has 8 heteroatoms. The summed E-state index contributed by atoms with van der Waals surface area (Å²) in [5, 5.41) is 2.57. The van der Waals surface area contributed by atoms with Gasteiger partial charge in [0.15, 0.2) is 0 Å². The van der Waals surface area contributed by atoms with Gasteiger partial charge in [-0.2, -0.15) is 8.78 Å². The highest BCUT2D eigenvalue weighted by atomic mass is 79.9. The standard InChI is InChI=1S/C13H10BrF2N3OS/c14-7-5-8(11(17)18-6-7)12(20)19-9-3-1-2-4-10(9)21-13(15)16/h1-6,13H,(H2,17,18)(H,19,20). The molecular formula is C13H10BrF2N3OS. The van der Waals surface area contributed by atoms with Crippen LogP contribution in [0.2, 0.25) is 0 Å². The van der Waals surface area contributed by atoms with Crippen LogP contribution >= 0.6 is 27.7 Å². The Morgan fingerprint density at radius 1 is 1.38 bits per heavy atom. The minimum Gasteiger partial charge on any atom is -0.383 e. The van der Waals surface area contributed by atoms with Crippen LogP contribution in [-0.2, 0) is 0 Å². The van der Waals surface area contributed by atoms with Crippen molar-refractivity contribution in [2.45, 2.75) is 10.7 Å². The number of thioether (sulfide) groups is 1. The Hall–Kier alpha value is -1.67. The number of nitrogens with two attached hydrogens (primary N) is 1. The van der Waals surface area contributed by atoms with Crippen molar-refractivity contribution in [3.63, 3.8) is 0 Å². The van der Waals surface area contributed by atoms with Crippen molar-refractivity contribution in [1.29, 1.82) is 0 Å². The molecule has 0 saturated carbocycles. The van der Waals surface area contributed by atoms with Gasteiger partial charge in [-0.15, -0.1) is 0 Å². The molecule has 0 bridgehead atoms. The number of para-hydroxylation sites is 1. The lowest BCUT2D eigenvalue weighted by Gasteiger charge is -2.11. The van der Waals surface area contributed by atoms with Gasteiger partial charge >= 0.3 is 0 Å². The predicted molar refractivity (Wildman–Crippen MR) is 82.6 cm³/mol. The van der Waals surface area contributed by atoms with Gasteiger partial charge in [0, 0.05) is 15.6 Å². The fourth-order valence-corrected chi connectivity index (χ4v) is 2.52. The van der Waals surface area contributed by atoms with Crippen molar-refractivity contribution in [2.75, 3.05) is 11.1 Å². The fourth-order valence-electron chi connectivity index (χ4n) is 1.59. The lowest BCUT2D eigenvalue weighted by atomic mass is 10.2. The minimum absolute atomic E-state index is 0.0645. The van der Waals surface area contributed by atoms with Crippen molar-refractivity contribution in [3.05, 3.63) is 46.6 Å². The van der Waals surface area contributed by atoms with E-state index < -0.39 is 11.7 Å². The van der Waals surface area contributed by atoms with E-state index in [-0.39, 0.29) is 16.3 Å². The summed E-state index contributed by atoms with van der Waals surface area (Å²) < 4.78 is 25.6. The molecule has 2 aromatic rings. The zero-order valence-electron chi connectivity index (χ0n) is 10.5. The molecule has 0 atom stereocenters. The number of alkyl halides is 2. The van der Waals surface area contributed by atoms with Crippen LogP contribution in [0.25, 0.3) is 0 Å². The molecule has 1 amide bonds. The van der Waals surface area contributed by atoms with Gasteiger partial charge in [0.1, 0.15) is 5.82 Å². The van der Waals surface area contributed by atoms with E-state index in [9.17, 15) is 13.6 Å². The second-order valence-electron chi connectivity index (χ2n) is 3.92. The number of nitrogens with zero attached hydrogens (tertiary/aromatic N) is 1. The molecule has 3 N–H and O–H groups in total. The van der Waals surface area contributed by atoms with Gasteiger partial charge in [-0.3, -0.25) is 4.79 Å². The lowest BCUT2D eigenvalue weighted by molar-refractivity contribution is 0.102. The summed E-state index contributed by atoms with van der Waals surface area (Å²) in [7, 11) is 0. The number of nitrogen functional groups attached to an aromatic ring is 1.